The van der Waals surface area contributed by atoms with Gasteiger partial charge in [-0.3, -0.25) is 0 Å². The van der Waals surface area contributed by atoms with Gasteiger partial charge in [0.15, 0.2) is 0 Å². The maximum atomic E-state index is 5.93. The molecule has 4 nitrogen and oxygen atoms in total. The van der Waals surface area contributed by atoms with Gasteiger partial charge in [0.1, 0.15) is 5.75 Å². The minimum atomic E-state index is 0.326. The van der Waals surface area contributed by atoms with Gasteiger partial charge in [-0.05, 0) is 42.2 Å². The van der Waals surface area contributed by atoms with Crippen molar-refractivity contribution in [3.63, 3.8) is 0 Å². The van der Waals surface area contributed by atoms with Gasteiger partial charge in [0.2, 0.25) is 0 Å². The Morgan fingerprint density at radius 3 is 2.44 bits per heavy atom. The molecule has 0 spiro atoms. The third-order valence-electron chi connectivity index (χ3n) is 2.76. The Kier molecular flexibility index (Phi) is 3.46. The van der Waals surface area contributed by atoms with Crippen molar-refractivity contribution >= 4 is 5.69 Å². The lowest BCUT2D eigenvalue weighted by atomic mass is 9.99. The van der Waals surface area contributed by atoms with Crippen molar-refractivity contribution in [2.75, 3.05) is 5.73 Å². The van der Waals surface area contributed by atoms with Crippen LogP contribution >= 0.6 is 0 Å². The van der Waals surface area contributed by atoms with Crippen LogP contribution in [0.5, 0.6) is 11.8 Å². The van der Waals surface area contributed by atoms with Gasteiger partial charge in [0.05, 0.1) is 0 Å². The molecule has 4 heteroatoms. The molecule has 1 heterocycles. The minimum Gasteiger partial charge on any atom is -0.424 e. The highest BCUT2D eigenvalue weighted by Gasteiger charge is 2.12. The van der Waals surface area contributed by atoms with Crippen molar-refractivity contribution in [2.45, 2.75) is 26.7 Å². The van der Waals surface area contributed by atoms with E-state index in [9.17, 15) is 0 Å². The molecule has 94 valence electrons. The lowest BCUT2D eigenvalue weighted by Gasteiger charge is -2.15. The van der Waals surface area contributed by atoms with Crippen LogP contribution in [0.2, 0.25) is 0 Å². The summed E-state index contributed by atoms with van der Waals surface area (Å²) in [6, 6.07) is 5.99. The Bertz CT molecular complexity index is 538. The predicted molar refractivity (Wildman–Crippen MR) is 71.8 cm³/mol. The number of nitrogen functional groups attached to an aromatic ring is 1. The molecule has 0 radical (unpaired) electrons. The first-order valence-electron chi connectivity index (χ1n) is 5.93. The van der Waals surface area contributed by atoms with E-state index < -0.39 is 0 Å². The smallest absolute Gasteiger partial charge is 0.321 e. The molecule has 0 aliphatic heterocycles. The predicted octanol–water partition coefficient (Wildman–Crippen LogP) is 3.28. The standard InChI is InChI=1S/C14H17N3O/c1-9(2)11-8-12(15)10(3)7-13(11)18-14-16-5-4-6-17-14/h4-9H,15H2,1-3H3. The molecule has 0 bridgehead atoms. The molecule has 0 saturated carbocycles. The van der Waals surface area contributed by atoms with Crippen LogP contribution in [0.3, 0.4) is 0 Å². The van der Waals surface area contributed by atoms with E-state index in [4.69, 9.17) is 10.5 Å². The Hall–Kier alpha value is -2.10. The first-order valence-corrected chi connectivity index (χ1v) is 5.93. The van der Waals surface area contributed by atoms with Crippen molar-refractivity contribution in [2.24, 2.45) is 0 Å². The second kappa shape index (κ2) is 5.04. The topological polar surface area (TPSA) is 61.0 Å². The van der Waals surface area contributed by atoms with Crippen LogP contribution < -0.4 is 10.5 Å². The largest absolute Gasteiger partial charge is 0.424 e. The maximum absolute atomic E-state index is 5.93. The third kappa shape index (κ3) is 2.59. The number of benzene rings is 1. The van der Waals surface area contributed by atoms with Gasteiger partial charge in [-0.2, -0.15) is 0 Å². The monoisotopic (exact) mass is 243 g/mol. The van der Waals surface area contributed by atoms with Crippen LogP contribution in [0.1, 0.15) is 30.9 Å². The van der Waals surface area contributed by atoms with Gasteiger partial charge in [-0.25, -0.2) is 9.97 Å². The number of nitrogens with two attached hydrogens (primary N) is 1. The minimum absolute atomic E-state index is 0.326. The molecular formula is C14H17N3O. The molecule has 1 aromatic carbocycles. The highest BCUT2D eigenvalue weighted by atomic mass is 16.5. The van der Waals surface area contributed by atoms with Crippen LogP contribution in [-0.2, 0) is 0 Å². The van der Waals surface area contributed by atoms with Crippen molar-refractivity contribution in [3.8, 4) is 11.8 Å². The lowest BCUT2D eigenvalue weighted by molar-refractivity contribution is 0.434. The van der Waals surface area contributed by atoms with Gasteiger partial charge < -0.3 is 10.5 Å². The molecule has 0 aliphatic carbocycles. The zero-order chi connectivity index (χ0) is 13.1. The van der Waals surface area contributed by atoms with Crippen LogP contribution in [0, 0.1) is 6.92 Å². The third-order valence-corrected chi connectivity index (χ3v) is 2.76. The van der Waals surface area contributed by atoms with E-state index in [1.165, 1.54) is 0 Å². The number of hydrogen-bond acceptors (Lipinski definition) is 4. The Labute approximate surface area is 107 Å². The Balaban J connectivity index is 2.40. The molecule has 2 aromatic rings. The molecule has 2 rings (SSSR count). The molecule has 2 N–H and O–H groups in total. The molecule has 0 amide bonds. The zero-order valence-corrected chi connectivity index (χ0v) is 10.8. The molecule has 0 saturated heterocycles. The summed E-state index contributed by atoms with van der Waals surface area (Å²) in [5.41, 5.74) is 8.76. The van der Waals surface area contributed by atoms with Crippen LogP contribution in [0.15, 0.2) is 30.6 Å². The summed E-state index contributed by atoms with van der Waals surface area (Å²) in [6.07, 6.45) is 3.31. The van der Waals surface area contributed by atoms with Gasteiger partial charge in [0.25, 0.3) is 0 Å². The number of aromatic nitrogens is 2. The molecule has 0 fully saturated rings. The highest BCUT2D eigenvalue weighted by Crippen LogP contribution is 2.32. The first-order chi connectivity index (χ1) is 8.58. The lowest BCUT2D eigenvalue weighted by Crippen LogP contribution is -2.00. The van der Waals surface area contributed by atoms with Crippen molar-refractivity contribution in [3.05, 3.63) is 41.7 Å². The molecule has 1 aromatic heterocycles. The normalized spacial score (nSPS) is 10.7. The van der Waals surface area contributed by atoms with E-state index in [2.05, 4.69) is 23.8 Å². The quantitative estimate of drug-likeness (QED) is 0.840. The van der Waals surface area contributed by atoms with Gasteiger partial charge >= 0.3 is 6.01 Å². The number of hydrogen-bond donors (Lipinski definition) is 1. The summed E-state index contributed by atoms with van der Waals surface area (Å²) >= 11 is 0. The fraction of sp³-hybridized carbons (Fsp3) is 0.286. The highest BCUT2D eigenvalue weighted by molar-refractivity contribution is 5.55. The van der Waals surface area contributed by atoms with Crippen molar-refractivity contribution in [1.29, 1.82) is 0 Å². The summed E-state index contributed by atoms with van der Waals surface area (Å²) < 4.78 is 5.73. The molecule has 0 aliphatic rings. The summed E-state index contributed by atoms with van der Waals surface area (Å²) in [7, 11) is 0. The van der Waals surface area contributed by atoms with E-state index in [-0.39, 0.29) is 0 Å². The average Bonchev–Trinajstić information content (AvgIpc) is 2.34. The van der Waals surface area contributed by atoms with Crippen LogP contribution in [0.4, 0.5) is 5.69 Å². The van der Waals surface area contributed by atoms with E-state index in [0.29, 0.717) is 11.9 Å². The number of anilines is 1. The summed E-state index contributed by atoms with van der Waals surface area (Å²) in [5, 5.41) is 0. The van der Waals surface area contributed by atoms with Gasteiger partial charge in [-0.1, -0.05) is 13.8 Å². The van der Waals surface area contributed by atoms with Crippen molar-refractivity contribution < 1.29 is 4.74 Å². The zero-order valence-electron chi connectivity index (χ0n) is 10.8. The van der Waals surface area contributed by atoms with Gasteiger partial charge in [0, 0.05) is 18.1 Å². The van der Waals surface area contributed by atoms with Crippen LogP contribution in [0.25, 0.3) is 0 Å². The Morgan fingerprint density at radius 1 is 1.17 bits per heavy atom. The summed E-state index contributed by atoms with van der Waals surface area (Å²) in [6.45, 7) is 6.16. The number of ether oxygens (including phenoxy) is 1. The van der Waals surface area contributed by atoms with Gasteiger partial charge in [-0.15, -0.1) is 0 Å². The number of aryl methyl sites for hydroxylation is 1. The number of nitrogens with zero attached hydrogens (tertiary/aromatic N) is 2. The van der Waals surface area contributed by atoms with Crippen molar-refractivity contribution in [1.82, 2.24) is 9.97 Å². The summed E-state index contributed by atoms with van der Waals surface area (Å²) in [4.78, 5) is 8.12. The number of rotatable bonds is 3. The molecule has 0 atom stereocenters. The molecule has 0 unspecified atom stereocenters. The van der Waals surface area contributed by atoms with E-state index in [1.54, 1.807) is 18.5 Å². The van der Waals surface area contributed by atoms with E-state index in [0.717, 1.165) is 22.6 Å². The summed E-state index contributed by atoms with van der Waals surface area (Å²) in [5.74, 6) is 1.09. The first kappa shape index (κ1) is 12.4. The van der Waals surface area contributed by atoms with E-state index in [1.807, 2.05) is 19.1 Å². The fourth-order valence-corrected chi connectivity index (χ4v) is 1.69. The average molecular weight is 243 g/mol. The molecule has 18 heavy (non-hydrogen) atoms. The second-order valence-corrected chi connectivity index (χ2v) is 4.53. The maximum Gasteiger partial charge on any atom is 0.321 e. The van der Waals surface area contributed by atoms with E-state index >= 15 is 0 Å². The second-order valence-electron chi connectivity index (χ2n) is 4.53. The Morgan fingerprint density at radius 2 is 1.83 bits per heavy atom. The molecular weight excluding hydrogens is 226 g/mol. The SMILES string of the molecule is Cc1cc(Oc2ncccn2)c(C(C)C)cc1N. The fourth-order valence-electron chi connectivity index (χ4n) is 1.69. The van der Waals surface area contributed by atoms with Crippen LogP contribution in [-0.4, -0.2) is 9.97 Å².